The summed E-state index contributed by atoms with van der Waals surface area (Å²) in [5.74, 6) is 0.861. The number of carbonyl (C=O) groups is 1. The molecule has 1 fully saturated rings. The number of morpholine rings is 1. The first-order valence-electron chi connectivity index (χ1n) is 8.70. The number of methoxy groups -OCH3 is 1. The van der Waals surface area contributed by atoms with Crippen LogP contribution in [0.3, 0.4) is 0 Å². The lowest BCUT2D eigenvalue weighted by atomic mass is 10.1. The Kier molecular flexibility index (Phi) is 6.19. The summed E-state index contributed by atoms with van der Waals surface area (Å²) in [6.45, 7) is 3.44. The molecule has 0 aliphatic carbocycles. The van der Waals surface area contributed by atoms with E-state index < -0.39 is 0 Å². The first-order chi connectivity index (χ1) is 12.7. The number of benzene rings is 1. The molecule has 1 amide bonds. The van der Waals surface area contributed by atoms with Crippen molar-refractivity contribution in [3.8, 4) is 5.75 Å². The molecule has 1 N–H and O–H groups in total. The summed E-state index contributed by atoms with van der Waals surface area (Å²) in [6, 6.07) is 6.27. The minimum atomic E-state index is 0.0344. The van der Waals surface area contributed by atoms with Gasteiger partial charge in [-0.15, -0.1) is 0 Å². The van der Waals surface area contributed by atoms with E-state index in [1.54, 1.807) is 25.2 Å². The van der Waals surface area contributed by atoms with Crippen molar-refractivity contribution in [2.45, 2.75) is 25.6 Å². The van der Waals surface area contributed by atoms with E-state index >= 15 is 0 Å². The van der Waals surface area contributed by atoms with Crippen LogP contribution in [0, 0.1) is 0 Å². The molecule has 1 atom stereocenters. The number of hydrogen-bond donors (Lipinski definition) is 1. The van der Waals surface area contributed by atoms with Gasteiger partial charge in [-0.1, -0.05) is 6.07 Å². The fourth-order valence-electron chi connectivity index (χ4n) is 3.18. The zero-order chi connectivity index (χ0) is 18.4. The lowest BCUT2D eigenvalue weighted by Gasteiger charge is -2.35. The van der Waals surface area contributed by atoms with Crippen LogP contribution in [-0.4, -0.2) is 65.5 Å². The van der Waals surface area contributed by atoms with Crippen molar-refractivity contribution >= 4 is 5.91 Å². The average Bonchev–Trinajstić information content (AvgIpc) is 3.16. The molecule has 0 bridgehead atoms. The topological polar surface area (TPSA) is 81.5 Å². The van der Waals surface area contributed by atoms with E-state index in [2.05, 4.69) is 32.4 Å². The van der Waals surface area contributed by atoms with Gasteiger partial charge in [0.15, 0.2) is 0 Å². The van der Waals surface area contributed by atoms with Gasteiger partial charge in [0.1, 0.15) is 18.4 Å². The van der Waals surface area contributed by atoms with Crippen LogP contribution in [0.4, 0.5) is 0 Å². The van der Waals surface area contributed by atoms with Crippen LogP contribution in [0.15, 0.2) is 30.9 Å². The summed E-state index contributed by atoms with van der Waals surface area (Å²) < 4.78 is 12.8. The lowest BCUT2D eigenvalue weighted by molar-refractivity contribution is -0.123. The van der Waals surface area contributed by atoms with Gasteiger partial charge in [0.25, 0.3) is 0 Å². The quantitative estimate of drug-likeness (QED) is 0.783. The molecule has 1 aliphatic rings. The Labute approximate surface area is 153 Å². The SMILES string of the molecule is CNC(=O)C[C@H]1COCCN1Cc1ccc(OC)c(Cn2cncn2)c1. The maximum atomic E-state index is 11.8. The fraction of sp³-hybridized carbons (Fsp3) is 0.500. The molecule has 2 heterocycles. The summed E-state index contributed by atoms with van der Waals surface area (Å²) in [6.07, 6.45) is 3.65. The van der Waals surface area contributed by atoms with Gasteiger partial charge in [-0.05, 0) is 17.7 Å². The van der Waals surface area contributed by atoms with Crippen molar-refractivity contribution in [3.05, 3.63) is 42.0 Å². The van der Waals surface area contributed by atoms with Gasteiger partial charge < -0.3 is 14.8 Å². The highest BCUT2D eigenvalue weighted by Gasteiger charge is 2.25. The Morgan fingerprint density at radius 3 is 3.04 bits per heavy atom. The molecular formula is C18H25N5O3. The Bertz CT molecular complexity index is 720. The second-order valence-corrected chi connectivity index (χ2v) is 6.32. The minimum Gasteiger partial charge on any atom is -0.496 e. The summed E-state index contributed by atoms with van der Waals surface area (Å²) in [5, 5.41) is 6.86. The van der Waals surface area contributed by atoms with Gasteiger partial charge >= 0.3 is 0 Å². The summed E-state index contributed by atoms with van der Waals surface area (Å²) in [5.41, 5.74) is 2.22. The monoisotopic (exact) mass is 359 g/mol. The highest BCUT2D eigenvalue weighted by molar-refractivity contribution is 5.76. The Morgan fingerprint density at radius 2 is 2.31 bits per heavy atom. The van der Waals surface area contributed by atoms with E-state index in [9.17, 15) is 4.79 Å². The number of rotatable bonds is 7. The maximum Gasteiger partial charge on any atom is 0.221 e. The van der Waals surface area contributed by atoms with Crippen LogP contribution in [0.2, 0.25) is 0 Å². The molecule has 1 aliphatic heterocycles. The van der Waals surface area contributed by atoms with Gasteiger partial charge in [-0.25, -0.2) is 9.67 Å². The molecule has 1 aromatic carbocycles. The average molecular weight is 359 g/mol. The predicted octanol–water partition coefficient (Wildman–Crippen LogP) is 0.672. The molecule has 26 heavy (non-hydrogen) atoms. The number of carbonyl (C=O) groups excluding carboxylic acids is 1. The third kappa shape index (κ3) is 4.59. The maximum absolute atomic E-state index is 11.8. The molecule has 0 unspecified atom stereocenters. The zero-order valence-electron chi connectivity index (χ0n) is 15.2. The van der Waals surface area contributed by atoms with E-state index in [-0.39, 0.29) is 11.9 Å². The third-order valence-corrected chi connectivity index (χ3v) is 4.58. The highest BCUT2D eigenvalue weighted by atomic mass is 16.5. The van der Waals surface area contributed by atoms with Crippen molar-refractivity contribution in [3.63, 3.8) is 0 Å². The first-order valence-corrected chi connectivity index (χ1v) is 8.70. The third-order valence-electron chi connectivity index (χ3n) is 4.58. The lowest BCUT2D eigenvalue weighted by Crippen LogP contribution is -2.46. The van der Waals surface area contributed by atoms with Gasteiger partial charge in [0, 0.05) is 38.2 Å². The molecule has 2 aromatic rings. The van der Waals surface area contributed by atoms with Crippen molar-refractivity contribution in [1.29, 1.82) is 0 Å². The number of aromatic nitrogens is 3. The number of hydrogen-bond acceptors (Lipinski definition) is 6. The summed E-state index contributed by atoms with van der Waals surface area (Å²) in [4.78, 5) is 18.1. The van der Waals surface area contributed by atoms with Crippen molar-refractivity contribution in [2.24, 2.45) is 0 Å². The van der Waals surface area contributed by atoms with Gasteiger partial charge in [0.05, 0.1) is 26.9 Å². The predicted molar refractivity (Wildman–Crippen MR) is 95.8 cm³/mol. The second-order valence-electron chi connectivity index (χ2n) is 6.32. The Hall–Kier alpha value is -2.45. The Morgan fingerprint density at radius 1 is 1.42 bits per heavy atom. The largest absolute Gasteiger partial charge is 0.496 e. The molecular weight excluding hydrogens is 334 g/mol. The van der Waals surface area contributed by atoms with Crippen molar-refractivity contribution in [2.75, 3.05) is 33.9 Å². The highest BCUT2D eigenvalue weighted by Crippen LogP contribution is 2.23. The molecule has 140 valence electrons. The van der Waals surface area contributed by atoms with E-state index in [0.29, 0.717) is 26.2 Å². The smallest absolute Gasteiger partial charge is 0.221 e. The van der Waals surface area contributed by atoms with Crippen molar-refractivity contribution in [1.82, 2.24) is 25.0 Å². The number of nitrogens with zero attached hydrogens (tertiary/aromatic N) is 4. The van der Waals surface area contributed by atoms with E-state index in [4.69, 9.17) is 9.47 Å². The molecule has 0 spiro atoms. The van der Waals surface area contributed by atoms with Crippen LogP contribution >= 0.6 is 0 Å². The number of amides is 1. The van der Waals surface area contributed by atoms with E-state index in [0.717, 1.165) is 24.4 Å². The molecule has 8 heteroatoms. The van der Waals surface area contributed by atoms with Crippen LogP contribution in [-0.2, 0) is 22.6 Å². The normalized spacial score (nSPS) is 17.8. The molecule has 0 saturated carbocycles. The Balaban J connectivity index is 1.74. The second kappa shape index (κ2) is 8.77. The zero-order valence-corrected chi connectivity index (χ0v) is 15.2. The summed E-state index contributed by atoms with van der Waals surface area (Å²) in [7, 11) is 3.33. The molecule has 1 aromatic heterocycles. The van der Waals surface area contributed by atoms with E-state index in [1.807, 2.05) is 6.07 Å². The number of ether oxygens (including phenoxy) is 2. The standard InChI is InChI=1S/C18H25N5O3/c1-19-18(24)8-16-11-26-6-5-22(16)9-14-3-4-17(25-2)15(7-14)10-23-13-20-12-21-23/h3-4,7,12-13,16H,5-6,8-11H2,1-2H3,(H,19,24)/t16-/m0/s1. The fourth-order valence-corrected chi connectivity index (χ4v) is 3.18. The van der Waals surface area contributed by atoms with Gasteiger partial charge in [-0.3, -0.25) is 9.69 Å². The summed E-state index contributed by atoms with van der Waals surface area (Å²) >= 11 is 0. The van der Waals surface area contributed by atoms with Crippen LogP contribution in [0.1, 0.15) is 17.5 Å². The van der Waals surface area contributed by atoms with E-state index in [1.165, 1.54) is 11.9 Å². The molecule has 0 radical (unpaired) electrons. The van der Waals surface area contributed by atoms with Crippen LogP contribution < -0.4 is 10.1 Å². The molecule has 8 nitrogen and oxygen atoms in total. The minimum absolute atomic E-state index is 0.0344. The number of nitrogens with one attached hydrogen (secondary N) is 1. The molecule has 3 rings (SSSR count). The van der Waals surface area contributed by atoms with Crippen LogP contribution in [0.5, 0.6) is 5.75 Å². The molecule has 1 saturated heterocycles. The van der Waals surface area contributed by atoms with Crippen LogP contribution in [0.25, 0.3) is 0 Å². The van der Waals surface area contributed by atoms with Crippen molar-refractivity contribution < 1.29 is 14.3 Å². The first kappa shape index (κ1) is 18.3. The van der Waals surface area contributed by atoms with Gasteiger partial charge in [-0.2, -0.15) is 5.10 Å². The van der Waals surface area contributed by atoms with Gasteiger partial charge in [0.2, 0.25) is 5.91 Å².